The molecule has 1 rings (SSSR count). The molecule has 0 aliphatic carbocycles. The van der Waals surface area contributed by atoms with Gasteiger partial charge in [-0.2, -0.15) is 0 Å². The van der Waals surface area contributed by atoms with Crippen LogP contribution in [0.3, 0.4) is 0 Å². The molecule has 0 aromatic heterocycles. The van der Waals surface area contributed by atoms with Gasteiger partial charge in [0, 0.05) is 13.1 Å². The minimum absolute atomic E-state index is 0.407. The summed E-state index contributed by atoms with van der Waals surface area (Å²) in [6.45, 7) is 9.05. The topological polar surface area (TPSA) is 63.7 Å². The Bertz CT molecular complexity index is 377. The third kappa shape index (κ3) is 4.27. The quantitative estimate of drug-likeness (QED) is 0.689. The first-order valence-electron chi connectivity index (χ1n) is 5.80. The van der Waals surface area contributed by atoms with Gasteiger partial charge in [-0.3, -0.25) is 4.79 Å². The SMILES string of the molecule is CCN1CC(S(=O)(=O)CC(=O)OC(C)(C)C)C1. The van der Waals surface area contributed by atoms with Crippen molar-refractivity contribution in [2.75, 3.05) is 25.4 Å². The Kier molecular flexibility index (Phi) is 4.19. The second-order valence-corrected chi connectivity index (χ2v) is 7.65. The number of hydrogen-bond acceptors (Lipinski definition) is 5. The van der Waals surface area contributed by atoms with E-state index in [2.05, 4.69) is 0 Å². The summed E-state index contributed by atoms with van der Waals surface area (Å²) >= 11 is 0. The molecular weight excluding hydrogens is 242 g/mol. The van der Waals surface area contributed by atoms with Crippen molar-refractivity contribution in [1.29, 1.82) is 0 Å². The van der Waals surface area contributed by atoms with Crippen LogP contribution in [0, 0.1) is 0 Å². The summed E-state index contributed by atoms with van der Waals surface area (Å²) < 4.78 is 28.7. The average Bonchev–Trinajstić information content (AvgIpc) is 1.94. The van der Waals surface area contributed by atoms with E-state index in [0.717, 1.165) is 6.54 Å². The van der Waals surface area contributed by atoms with Gasteiger partial charge in [-0.25, -0.2) is 8.42 Å². The molecule has 0 amide bonds. The van der Waals surface area contributed by atoms with Crippen molar-refractivity contribution in [3.05, 3.63) is 0 Å². The van der Waals surface area contributed by atoms with Crippen molar-refractivity contribution in [2.24, 2.45) is 0 Å². The van der Waals surface area contributed by atoms with Gasteiger partial charge in [0.15, 0.2) is 9.84 Å². The molecule has 0 bridgehead atoms. The van der Waals surface area contributed by atoms with E-state index in [9.17, 15) is 13.2 Å². The van der Waals surface area contributed by atoms with Crippen molar-refractivity contribution < 1.29 is 17.9 Å². The summed E-state index contributed by atoms with van der Waals surface area (Å²) in [4.78, 5) is 13.5. The van der Waals surface area contributed by atoms with Crippen LogP contribution < -0.4 is 0 Å². The number of ether oxygens (including phenoxy) is 1. The van der Waals surface area contributed by atoms with Crippen LogP contribution in [0.5, 0.6) is 0 Å². The normalized spacial score (nSPS) is 18.8. The van der Waals surface area contributed by atoms with E-state index in [1.165, 1.54) is 0 Å². The van der Waals surface area contributed by atoms with Crippen molar-refractivity contribution in [3.63, 3.8) is 0 Å². The predicted molar refractivity (Wildman–Crippen MR) is 65.5 cm³/mol. The summed E-state index contributed by atoms with van der Waals surface area (Å²) in [5.41, 5.74) is -0.637. The zero-order valence-corrected chi connectivity index (χ0v) is 11.7. The maximum absolute atomic E-state index is 11.8. The number of esters is 1. The van der Waals surface area contributed by atoms with Crippen LogP contribution in [0.1, 0.15) is 27.7 Å². The van der Waals surface area contributed by atoms with Crippen LogP contribution >= 0.6 is 0 Å². The monoisotopic (exact) mass is 263 g/mol. The highest BCUT2D eigenvalue weighted by Crippen LogP contribution is 2.17. The van der Waals surface area contributed by atoms with Gasteiger partial charge in [0.1, 0.15) is 11.4 Å². The van der Waals surface area contributed by atoms with E-state index >= 15 is 0 Å². The lowest BCUT2D eigenvalue weighted by Gasteiger charge is -2.37. The molecule has 0 saturated carbocycles. The second-order valence-electron chi connectivity index (χ2n) is 5.37. The maximum Gasteiger partial charge on any atom is 0.321 e. The zero-order chi connectivity index (χ0) is 13.3. The van der Waals surface area contributed by atoms with E-state index < -0.39 is 32.4 Å². The number of nitrogens with zero attached hydrogens (tertiary/aromatic N) is 1. The lowest BCUT2D eigenvalue weighted by atomic mass is 10.2. The highest BCUT2D eigenvalue weighted by Gasteiger charge is 2.38. The number of rotatable bonds is 4. The van der Waals surface area contributed by atoms with Gasteiger partial charge in [-0.05, 0) is 27.3 Å². The molecule has 1 aliphatic heterocycles. The van der Waals surface area contributed by atoms with Gasteiger partial charge < -0.3 is 9.64 Å². The number of carbonyl (C=O) groups excluding carboxylic acids is 1. The third-order valence-corrected chi connectivity index (χ3v) is 4.57. The number of hydrogen-bond donors (Lipinski definition) is 0. The van der Waals surface area contributed by atoms with Crippen molar-refractivity contribution in [2.45, 2.75) is 38.5 Å². The molecule has 5 nitrogen and oxygen atoms in total. The fourth-order valence-electron chi connectivity index (χ4n) is 1.66. The Hall–Kier alpha value is -0.620. The van der Waals surface area contributed by atoms with Gasteiger partial charge in [0.25, 0.3) is 0 Å². The highest BCUT2D eigenvalue weighted by atomic mass is 32.2. The van der Waals surface area contributed by atoms with Crippen LogP contribution in [-0.2, 0) is 19.4 Å². The van der Waals surface area contributed by atoms with E-state index in [1.807, 2.05) is 11.8 Å². The first-order valence-corrected chi connectivity index (χ1v) is 7.51. The molecule has 0 unspecified atom stereocenters. The highest BCUT2D eigenvalue weighted by molar-refractivity contribution is 7.92. The molecule has 100 valence electrons. The van der Waals surface area contributed by atoms with Crippen molar-refractivity contribution >= 4 is 15.8 Å². The molecule has 0 aromatic carbocycles. The molecule has 6 heteroatoms. The Morgan fingerprint density at radius 1 is 1.35 bits per heavy atom. The van der Waals surface area contributed by atoms with Gasteiger partial charge in [0.05, 0.1) is 5.25 Å². The first-order chi connectivity index (χ1) is 7.64. The second kappa shape index (κ2) is 4.94. The van der Waals surface area contributed by atoms with Crippen LogP contribution in [0.4, 0.5) is 0 Å². The zero-order valence-electron chi connectivity index (χ0n) is 10.9. The lowest BCUT2D eigenvalue weighted by molar-refractivity contribution is -0.151. The van der Waals surface area contributed by atoms with Crippen LogP contribution in [0.25, 0.3) is 0 Å². The molecule has 0 N–H and O–H groups in total. The number of likely N-dealkylation sites (tertiary alicyclic amines) is 1. The van der Waals surface area contributed by atoms with Crippen molar-refractivity contribution in [1.82, 2.24) is 4.90 Å². The molecular formula is C11H21NO4S. The Balaban J connectivity index is 2.48. The number of carbonyl (C=O) groups is 1. The first kappa shape index (κ1) is 14.4. The predicted octanol–water partition coefficient (Wildman–Crippen LogP) is 0.447. The maximum atomic E-state index is 11.8. The van der Waals surface area contributed by atoms with E-state index in [1.54, 1.807) is 20.8 Å². The Morgan fingerprint density at radius 2 is 1.88 bits per heavy atom. The standard InChI is InChI=1S/C11H21NO4S/c1-5-12-6-9(7-12)17(14,15)8-10(13)16-11(2,3)4/h9H,5-8H2,1-4H3. The third-order valence-electron chi connectivity index (χ3n) is 2.62. The molecule has 1 saturated heterocycles. The largest absolute Gasteiger partial charge is 0.459 e. The minimum Gasteiger partial charge on any atom is -0.459 e. The van der Waals surface area contributed by atoms with Crippen molar-refractivity contribution in [3.8, 4) is 0 Å². The average molecular weight is 263 g/mol. The summed E-state index contributed by atoms with van der Waals surface area (Å²) in [5.74, 6) is -1.17. The minimum atomic E-state index is -3.35. The Labute approximate surface area is 103 Å². The van der Waals surface area contributed by atoms with E-state index in [4.69, 9.17) is 4.74 Å². The van der Waals surface area contributed by atoms with E-state index in [-0.39, 0.29) is 0 Å². The van der Waals surface area contributed by atoms with Gasteiger partial charge in [-0.1, -0.05) is 6.92 Å². The molecule has 0 atom stereocenters. The Morgan fingerprint density at radius 3 is 2.29 bits per heavy atom. The molecule has 0 radical (unpaired) electrons. The van der Waals surface area contributed by atoms with Crippen LogP contribution in [0.2, 0.25) is 0 Å². The van der Waals surface area contributed by atoms with Gasteiger partial charge in [-0.15, -0.1) is 0 Å². The summed E-state index contributed by atoms with van der Waals surface area (Å²) in [5, 5.41) is -0.407. The molecule has 0 aromatic rings. The number of sulfone groups is 1. The lowest BCUT2D eigenvalue weighted by Crippen LogP contribution is -2.55. The molecule has 1 heterocycles. The van der Waals surface area contributed by atoms with Gasteiger partial charge >= 0.3 is 5.97 Å². The molecule has 17 heavy (non-hydrogen) atoms. The smallest absolute Gasteiger partial charge is 0.321 e. The fraction of sp³-hybridized carbons (Fsp3) is 0.909. The van der Waals surface area contributed by atoms with E-state index in [0.29, 0.717) is 13.1 Å². The fourth-order valence-corrected chi connectivity index (χ4v) is 3.16. The summed E-state index contributed by atoms with van der Waals surface area (Å²) in [7, 11) is -3.35. The molecule has 1 aliphatic rings. The summed E-state index contributed by atoms with van der Waals surface area (Å²) in [6.07, 6.45) is 0. The van der Waals surface area contributed by atoms with Crippen LogP contribution in [0.15, 0.2) is 0 Å². The molecule has 1 fully saturated rings. The van der Waals surface area contributed by atoms with Crippen LogP contribution in [-0.4, -0.2) is 55.5 Å². The summed E-state index contributed by atoms with van der Waals surface area (Å²) in [6, 6.07) is 0. The van der Waals surface area contributed by atoms with Gasteiger partial charge in [0.2, 0.25) is 0 Å². The molecule has 0 spiro atoms.